The minimum Gasteiger partial charge on any atom is -0.496 e. The van der Waals surface area contributed by atoms with Crippen LogP contribution in [0.4, 0.5) is 0 Å². The van der Waals surface area contributed by atoms with Gasteiger partial charge in [-0.25, -0.2) is 4.79 Å². The van der Waals surface area contributed by atoms with Gasteiger partial charge in [-0.1, -0.05) is 51.1 Å². The predicted molar refractivity (Wildman–Crippen MR) is 186 cm³/mol. The van der Waals surface area contributed by atoms with Crippen LogP contribution in [0.1, 0.15) is 60.7 Å². The smallest absolute Gasteiger partial charge is 0.342 e. The molecule has 2 aromatic rings. The first-order valence-electron chi connectivity index (χ1n) is 17.1. The molecular formula is C38H55NO11. The summed E-state index contributed by atoms with van der Waals surface area (Å²) in [5.41, 5.74) is 2.58. The Morgan fingerprint density at radius 3 is 2.22 bits per heavy atom. The molecule has 9 atom stereocenters. The summed E-state index contributed by atoms with van der Waals surface area (Å²) >= 11 is 0. The number of methoxy groups -OCH3 is 6. The van der Waals surface area contributed by atoms with Crippen LogP contribution < -0.4 is 14.8 Å². The molecule has 12 heteroatoms. The monoisotopic (exact) mass is 701 g/mol. The zero-order valence-electron chi connectivity index (χ0n) is 31.0. The third-order valence-electron chi connectivity index (χ3n) is 10.7. The van der Waals surface area contributed by atoms with Crippen molar-refractivity contribution in [3.05, 3.63) is 58.7 Å². The van der Waals surface area contributed by atoms with E-state index in [1.807, 2.05) is 44.2 Å². The molecule has 50 heavy (non-hydrogen) atoms. The number of hydrogen-bond acceptors (Lipinski definition) is 11. The van der Waals surface area contributed by atoms with Crippen molar-refractivity contribution in [2.75, 3.05) is 42.7 Å². The fourth-order valence-corrected chi connectivity index (χ4v) is 7.33. The molecule has 2 aliphatic heterocycles. The molecule has 0 unspecified atom stereocenters. The van der Waals surface area contributed by atoms with E-state index in [-0.39, 0.29) is 18.1 Å². The zero-order valence-corrected chi connectivity index (χ0v) is 31.0. The van der Waals surface area contributed by atoms with Gasteiger partial charge in [-0.15, -0.1) is 0 Å². The first-order chi connectivity index (χ1) is 23.8. The lowest BCUT2D eigenvalue weighted by Gasteiger charge is -2.49. The molecule has 0 aromatic heterocycles. The number of hydrogen-bond donors (Lipinski definition) is 2. The van der Waals surface area contributed by atoms with Gasteiger partial charge in [0.2, 0.25) is 0 Å². The molecule has 2 N–H and O–H groups in total. The molecule has 2 heterocycles. The molecule has 0 bridgehead atoms. The minimum absolute atomic E-state index is 0.224. The van der Waals surface area contributed by atoms with Gasteiger partial charge in [-0.3, -0.25) is 4.79 Å². The van der Waals surface area contributed by atoms with Gasteiger partial charge in [0.15, 0.2) is 12.3 Å². The Kier molecular flexibility index (Phi) is 13.7. The van der Waals surface area contributed by atoms with Gasteiger partial charge in [-0.05, 0) is 23.6 Å². The van der Waals surface area contributed by atoms with Crippen LogP contribution in [0.2, 0.25) is 0 Å². The molecule has 1 fully saturated rings. The lowest BCUT2D eigenvalue weighted by molar-refractivity contribution is -0.223. The number of esters is 1. The Balaban J connectivity index is 1.50. The quantitative estimate of drug-likeness (QED) is 0.194. The van der Waals surface area contributed by atoms with Crippen molar-refractivity contribution in [2.24, 2.45) is 11.3 Å². The molecule has 4 rings (SSSR count). The number of carbonyl (C=O) groups is 2. The SMILES string of the molecule is COc1cc(OC)c2c(c1C)C[C@H]([C@H](C)[C@H](C[C@H]1O[C@H]([C@@H](NC(=O)[C@@H](O)[C@H](Cc3ccccc3)OC)OC)C[C@@H](OC)C1(C)C)OC)OC2=O. The number of amides is 1. The highest BCUT2D eigenvalue weighted by atomic mass is 16.6. The van der Waals surface area contributed by atoms with Crippen LogP contribution in [0.15, 0.2) is 36.4 Å². The van der Waals surface area contributed by atoms with Gasteiger partial charge in [0.1, 0.15) is 29.3 Å². The van der Waals surface area contributed by atoms with Crippen LogP contribution >= 0.6 is 0 Å². The van der Waals surface area contributed by atoms with Gasteiger partial charge in [-0.2, -0.15) is 0 Å². The summed E-state index contributed by atoms with van der Waals surface area (Å²) in [6.45, 7) is 8.09. The summed E-state index contributed by atoms with van der Waals surface area (Å²) in [6.07, 6.45) is -3.53. The van der Waals surface area contributed by atoms with Crippen LogP contribution in [0, 0.1) is 18.3 Å². The number of nitrogens with one attached hydrogen (secondary N) is 1. The summed E-state index contributed by atoms with van der Waals surface area (Å²) < 4.78 is 47.1. The maximum absolute atomic E-state index is 13.4. The fraction of sp³-hybridized carbons (Fsp3) is 0.632. The lowest BCUT2D eigenvalue weighted by atomic mass is 9.72. The highest BCUT2D eigenvalue weighted by Gasteiger charge is 2.49. The summed E-state index contributed by atoms with van der Waals surface area (Å²) in [7, 11) is 9.35. The first-order valence-corrected chi connectivity index (χ1v) is 17.1. The minimum atomic E-state index is -1.45. The first kappa shape index (κ1) is 39.5. The number of aliphatic hydroxyl groups excluding tert-OH is 1. The molecule has 278 valence electrons. The third kappa shape index (κ3) is 8.43. The lowest BCUT2D eigenvalue weighted by Crippen LogP contribution is -2.59. The van der Waals surface area contributed by atoms with E-state index in [4.69, 9.17) is 37.9 Å². The molecule has 1 amide bonds. The molecular weight excluding hydrogens is 646 g/mol. The van der Waals surface area contributed by atoms with Gasteiger partial charge in [0.05, 0.1) is 38.6 Å². The summed E-state index contributed by atoms with van der Waals surface area (Å²) in [5, 5.41) is 13.8. The highest BCUT2D eigenvalue weighted by molar-refractivity contribution is 5.96. The maximum Gasteiger partial charge on any atom is 0.342 e. The number of rotatable bonds is 16. The van der Waals surface area contributed by atoms with Crippen molar-refractivity contribution >= 4 is 11.9 Å². The van der Waals surface area contributed by atoms with Crippen molar-refractivity contribution < 1.29 is 52.6 Å². The van der Waals surface area contributed by atoms with Crippen molar-refractivity contribution in [2.45, 2.75) is 102 Å². The molecule has 0 saturated carbocycles. The third-order valence-corrected chi connectivity index (χ3v) is 10.7. The predicted octanol–water partition coefficient (Wildman–Crippen LogP) is 4.04. The summed E-state index contributed by atoms with van der Waals surface area (Å²) in [6, 6.07) is 11.2. The van der Waals surface area contributed by atoms with Gasteiger partial charge in [0, 0.05) is 71.5 Å². The van der Waals surface area contributed by atoms with E-state index in [0.29, 0.717) is 42.7 Å². The van der Waals surface area contributed by atoms with Crippen LogP contribution in [-0.4, -0.2) is 109 Å². The molecule has 2 aromatic carbocycles. The highest BCUT2D eigenvalue weighted by Crippen LogP contribution is 2.43. The topological polar surface area (TPSA) is 140 Å². The second-order valence-corrected chi connectivity index (χ2v) is 13.8. The Bertz CT molecular complexity index is 1430. The van der Waals surface area contributed by atoms with Crippen molar-refractivity contribution in [1.82, 2.24) is 5.32 Å². The van der Waals surface area contributed by atoms with Crippen LogP contribution in [0.25, 0.3) is 0 Å². The molecule has 12 nitrogen and oxygen atoms in total. The van der Waals surface area contributed by atoms with Crippen LogP contribution in [0.3, 0.4) is 0 Å². The number of cyclic esters (lactones) is 1. The van der Waals surface area contributed by atoms with Crippen LogP contribution in [-0.2, 0) is 46.1 Å². The van der Waals surface area contributed by atoms with Crippen molar-refractivity contribution in [1.29, 1.82) is 0 Å². The Morgan fingerprint density at radius 1 is 0.980 bits per heavy atom. The molecule has 1 saturated heterocycles. The Hall–Kier alpha value is -3.26. The standard InChI is InChI=1S/C38H55NO11/c1-21-24-17-27(50-37(42)33(24)28(45-7)18-25(21)43-5)22(2)26(44-6)19-32-38(3,4)31(47-9)20-30(49-32)36(48-10)39-35(41)34(40)29(46-8)16-23-14-12-11-13-15-23/h11-15,18,22,26-27,29-32,34,36,40H,16-17,19-20H2,1-10H3,(H,39,41)/t22-,26+,27-,29+,30+,31-,32-,34+,36+/m1/s1. The zero-order chi connectivity index (χ0) is 36.7. The number of carbonyl (C=O) groups excluding carboxylic acids is 2. The van der Waals surface area contributed by atoms with Gasteiger partial charge >= 0.3 is 5.97 Å². The van der Waals surface area contributed by atoms with Crippen LogP contribution in [0.5, 0.6) is 11.5 Å². The van der Waals surface area contributed by atoms with E-state index in [9.17, 15) is 14.7 Å². The van der Waals surface area contributed by atoms with E-state index in [1.165, 1.54) is 21.3 Å². The molecule has 0 radical (unpaired) electrons. The Labute approximate surface area is 296 Å². The summed E-state index contributed by atoms with van der Waals surface area (Å²) in [5.74, 6) is -0.255. The van der Waals surface area contributed by atoms with E-state index in [1.54, 1.807) is 27.4 Å². The number of aliphatic hydroxyl groups is 1. The number of benzene rings is 2. The number of fused-ring (bicyclic) bond motifs is 1. The number of ether oxygens (including phenoxy) is 8. The average molecular weight is 702 g/mol. The second-order valence-electron chi connectivity index (χ2n) is 13.8. The van der Waals surface area contributed by atoms with Gasteiger partial charge < -0.3 is 48.3 Å². The van der Waals surface area contributed by atoms with E-state index < -0.39 is 54.0 Å². The fourth-order valence-electron chi connectivity index (χ4n) is 7.33. The second kappa shape index (κ2) is 17.3. The van der Waals surface area contributed by atoms with E-state index >= 15 is 0 Å². The summed E-state index contributed by atoms with van der Waals surface area (Å²) in [4.78, 5) is 26.7. The van der Waals surface area contributed by atoms with Crippen molar-refractivity contribution in [3.8, 4) is 11.5 Å². The molecule has 0 spiro atoms. The van der Waals surface area contributed by atoms with Gasteiger partial charge in [0.25, 0.3) is 5.91 Å². The largest absolute Gasteiger partial charge is 0.496 e. The molecule has 2 aliphatic rings. The van der Waals surface area contributed by atoms with Crippen molar-refractivity contribution in [3.63, 3.8) is 0 Å². The normalized spacial score (nSPS) is 24.6. The van der Waals surface area contributed by atoms with E-state index in [2.05, 4.69) is 19.2 Å². The van der Waals surface area contributed by atoms with E-state index in [0.717, 1.165) is 16.7 Å². The average Bonchev–Trinajstić information content (AvgIpc) is 3.12. The molecule has 0 aliphatic carbocycles. The maximum atomic E-state index is 13.4. The Morgan fingerprint density at radius 2 is 1.64 bits per heavy atom.